The van der Waals surface area contributed by atoms with Gasteiger partial charge in [0.15, 0.2) is 0 Å². The van der Waals surface area contributed by atoms with Crippen molar-refractivity contribution in [1.29, 1.82) is 0 Å². The van der Waals surface area contributed by atoms with E-state index in [9.17, 15) is 27.1 Å². The third kappa shape index (κ3) is 3.03. The summed E-state index contributed by atoms with van der Waals surface area (Å²) in [5.74, 6) is -3.68. The second kappa shape index (κ2) is 4.44. The number of aliphatic hydroxyl groups is 1. The molecule has 6 heteroatoms. The molecular weight excluding hydrogens is 243 g/mol. The first-order valence-electron chi connectivity index (χ1n) is 4.55. The van der Waals surface area contributed by atoms with E-state index < -0.39 is 29.3 Å². The highest BCUT2D eigenvalue weighted by atomic mass is 19.4. The molecule has 1 unspecified atom stereocenters. The van der Waals surface area contributed by atoms with E-state index in [4.69, 9.17) is 0 Å². The Labute approximate surface area is 94.2 Å². The number of halogens is 5. The Morgan fingerprint density at radius 1 is 1.18 bits per heavy atom. The molecule has 0 aliphatic rings. The van der Waals surface area contributed by atoms with Crippen molar-refractivity contribution in [3.05, 3.63) is 48.0 Å². The summed E-state index contributed by atoms with van der Waals surface area (Å²) in [5.41, 5.74) is -1.60. The van der Waals surface area contributed by atoms with Crippen molar-refractivity contribution in [2.45, 2.75) is 18.2 Å². The molecule has 0 saturated carbocycles. The minimum absolute atomic E-state index is 0.192. The van der Waals surface area contributed by atoms with Gasteiger partial charge in [0.05, 0.1) is 5.56 Å². The molecule has 1 N–H and O–H groups in total. The first kappa shape index (κ1) is 13.6. The lowest BCUT2D eigenvalue weighted by atomic mass is 10.0. The second-order valence-corrected chi connectivity index (χ2v) is 3.40. The van der Waals surface area contributed by atoms with Crippen LogP contribution in [-0.2, 0) is 6.18 Å². The quantitative estimate of drug-likeness (QED) is 0.644. The van der Waals surface area contributed by atoms with Gasteiger partial charge < -0.3 is 5.11 Å². The summed E-state index contributed by atoms with van der Waals surface area (Å²) in [6.07, 6.45) is -6.79. The summed E-state index contributed by atoms with van der Waals surface area (Å²) in [7, 11) is 0. The number of hydrogen-bond acceptors (Lipinski definition) is 1. The molecule has 0 amide bonds. The fourth-order valence-electron chi connectivity index (χ4n) is 1.22. The van der Waals surface area contributed by atoms with Gasteiger partial charge in [0.1, 0.15) is 6.10 Å². The lowest BCUT2D eigenvalue weighted by molar-refractivity contribution is -0.137. The molecule has 0 heterocycles. The Morgan fingerprint density at radius 3 is 2.24 bits per heavy atom. The smallest absolute Gasteiger partial charge is 0.382 e. The summed E-state index contributed by atoms with van der Waals surface area (Å²) >= 11 is 0. The zero-order valence-electron chi connectivity index (χ0n) is 8.51. The van der Waals surface area contributed by atoms with Gasteiger partial charge in [-0.2, -0.15) is 22.0 Å². The predicted octanol–water partition coefficient (Wildman–Crippen LogP) is 3.56. The Balaban J connectivity index is 3.13. The normalized spacial score (nSPS) is 14.5. The fraction of sp³-hybridized carbons (Fsp3) is 0.273. The van der Waals surface area contributed by atoms with Crippen LogP contribution in [0.2, 0.25) is 0 Å². The zero-order valence-corrected chi connectivity index (χ0v) is 8.51. The summed E-state index contributed by atoms with van der Waals surface area (Å²) in [5, 5.41) is 9.25. The van der Waals surface area contributed by atoms with Crippen LogP contribution in [0.3, 0.4) is 0 Å². The van der Waals surface area contributed by atoms with Gasteiger partial charge in [0.25, 0.3) is 5.92 Å². The van der Waals surface area contributed by atoms with Gasteiger partial charge >= 0.3 is 6.18 Å². The standard InChI is InChI=1S/C11H9F5O/c1-2-10(12,13)9(17)7-4-3-5-8(6-7)11(14,15)16/h2-6,9,17H,1H2. The van der Waals surface area contributed by atoms with E-state index >= 15 is 0 Å². The zero-order chi connectivity index (χ0) is 13.3. The van der Waals surface area contributed by atoms with E-state index in [1.165, 1.54) is 0 Å². The van der Waals surface area contributed by atoms with Gasteiger partial charge in [-0.05, 0) is 23.8 Å². The number of alkyl halides is 5. The number of benzene rings is 1. The third-order valence-corrected chi connectivity index (χ3v) is 2.17. The third-order valence-electron chi connectivity index (χ3n) is 2.17. The summed E-state index contributed by atoms with van der Waals surface area (Å²) in [6.45, 7) is 2.82. The Bertz CT molecular complexity index is 411. The first-order chi connectivity index (χ1) is 7.68. The van der Waals surface area contributed by atoms with E-state index in [-0.39, 0.29) is 6.08 Å². The summed E-state index contributed by atoms with van der Waals surface area (Å²) < 4.78 is 63.0. The van der Waals surface area contributed by atoms with Crippen molar-refractivity contribution in [2.75, 3.05) is 0 Å². The average Bonchev–Trinajstić information content (AvgIpc) is 2.27. The van der Waals surface area contributed by atoms with Crippen molar-refractivity contribution >= 4 is 0 Å². The molecule has 0 saturated heterocycles. The van der Waals surface area contributed by atoms with Crippen LogP contribution in [0.15, 0.2) is 36.9 Å². The van der Waals surface area contributed by atoms with Crippen molar-refractivity contribution < 1.29 is 27.1 Å². The monoisotopic (exact) mass is 252 g/mol. The molecule has 1 aromatic carbocycles. The van der Waals surface area contributed by atoms with Crippen LogP contribution in [0, 0.1) is 0 Å². The molecule has 0 aliphatic heterocycles. The minimum Gasteiger partial charge on any atom is -0.382 e. The van der Waals surface area contributed by atoms with E-state index in [1.807, 2.05) is 0 Å². The van der Waals surface area contributed by atoms with Gasteiger partial charge in [-0.1, -0.05) is 18.7 Å². The Kier molecular flexibility index (Phi) is 3.56. The Hall–Kier alpha value is -1.43. The largest absolute Gasteiger partial charge is 0.416 e. The lowest BCUT2D eigenvalue weighted by Gasteiger charge is -2.20. The molecule has 0 aromatic heterocycles. The highest BCUT2D eigenvalue weighted by Gasteiger charge is 2.37. The predicted molar refractivity (Wildman–Crippen MR) is 51.5 cm³/mol. The van der Waals surface area contributed by atoms with Gasteiger partial charge in [0.2, 0.25) is 0 Å². The van der Waals surface area contributed by atoms with Crippen LogP contribution in [0.5, 0.6) is 0 Å². The van der Waals surface area contributed by atoms with Crippen LogP contribution in [-0.4, -0.2) is 11.0 Å². The van der Waals surface area contributed by atoms with E-state index in [0.29, 0.717) is 6.07 Å². The highest BCUT2D eigenvalue weighted by molar-refractivity contribution is 5.29. The summed E-state index contributed by atoms with van der Waals surface area (Å²) in [4.78, 5) is 0. The van der Waals surface area contributed by atoms with E-state index in [0.717, 1.165) is 18.2 Å². The van der Waals surface area contributed by atoms with Crippen LogP contribution in [0.1, 0.15) is 17.2 Å². The molecule has 1 rings (SSSR count). The molecular formula is C11H9F5O. The first-order valence-corrected chi connectivity index (χ1v) is 4.55. The number of rotatable bonds is 3. The number of aliphatic hydroxyl groups excluding tert-OH is 1. The maximum Gasteiger partial charge on any atom is 0.416 e. The molecule has 0 spiro atoms. The molecule has 17 heavy (non-hydrogen) atoms. The van der Waals surface area contributed by atoms with Gasteiger partial charge in [-0.25, -0.2) is 0 Å². The van der Waals surface area contributed by atoms with Crippen molar-refractivity contribution in [3.8, 4) is 0 Å². The van der Waals surface area contributed by atoms with Crippen LogP contribution < -0.4 is 0 Å². The molecule has 1 nitrogen and oxygen atoms in total. The van der Waals surface area contributed by atoms with Gasteiger partial charge in [-0.15, -0.1) is 0 Å². The summed E-state index contributed by atoms with van der Waals surface area (Å²) in [6, 6.07) is 3.18. The molecule has 94 valence electrons. The van der Waals surface area contributed by atoms with Crippen LogP contribution >= 0.6 is 0 Å². The van der Waals surface area contributed by atoms with E-state index in [2.05, 4.69) is 6.58 Å². The minimum atomic E-state index is -4.64. The van der Waals surface area contributed by atoms with Crippen LogP contribution in [0.25, 0.3) is 0 Å². The fourth-order valence-corrected chi connectivity index (χ4v) is 1.22. The molecule has 0 bridgehead atoms. The topological polar surface area (TPSA) is 20.2 Å². The lowest BCUT2D eigenvalue weighted by Crippen LogP contribution is -2.23. The molecule has 0 fully saturated rings. The maximum atomic E-state index is 13.0. The number of hydrogen-bond donors (Lipinski definition) is 1. The second-order valence-electron chi connectivity index (χ2n) is 3.40. The van der Waals surface area contributed by atoms with Crippen molar-refractivity contribution in [2.24, 2.45) is 0 Å². The van der Waals surface area contributed by atoms with Crippen molar-refractivity contribution in [1.82, 2.24) is 0 Å². The van der Waals surface area contributed by atoms with Crippen molar-refractivity contribution in [3.63, 3.8) is 0 Å². The molecule has 1 atom stereocenters. The van der Waals surface area contributed by atoms with Gasteiger partial charge in [-0.3, -0.25) is 0 Å². The average molecular weight is 252 g/mol. The highest BCUT2D eigenvalue weighted by Crippen LogP contribution is 2.35. The van der Waals surface area contributed by atoms with Gasteiger partial charge in [0, 0.05) is 0 Å². The Morgan fingerprint density at radius 2 is 1.76 bits per heavy atom. The molecule has 0 aliphatic carbocycles. The SMILES string of the molecule is C=CC(F)(F)C(O)c1cccc(C(F)(F)F)c1. The molecule has 1 aromatic rings. The maximum absolute atomic E-state index is 13.0. The van der Waals surface area contributed by atoms with Crippen LogP contribution in [0.4, 0.5) is 22.0 Å². The molecule has 0 radical (unpaired) electrons. The van der Waals surface area contributed by atoms with E-state index in [1.54, 1.807) is 0 Å².